The monoisotopic (exact) mass is 316 g/mol. The third kappa shape index (κ3) is 8.16. The van der Waals surface area contributed by atoms with E-state index >= 15 is 0 Å². The Morgan fingerprint density at radius 3 is 1.65 bits per heavy atom. The molecule has 0 fully saturated rings. The quantitative estimate of drug-likeness (QED) is 0.366. The first-order valence-electron chi connectivity index (χ1n) is 7.70. The minimum Gasteiger partial charge on any atom is -0.409 e. The summed E-state index contributed by atoms with van der Waals surface area (Å²) in [6.07, 6.45) is 5.61. The van der Waals surface area contributed by atoms with Crippen molar-refractivity contribution in [2.75, 3.05) is 13.2 Å². The van der Waals surface area contributed by atoms with Crippen molar-refractivity contribution in [1.29, 1.82) is 0 Å². The van der Waals surface area contributed by atoms with Gasteiger partial charge in [-0.05, 0) is 25.9 Å². The molecule has 0 spiro atoms. The van der Waals surface area contributed by atoms with Crippen LogP contribution in [0.5, 0.6) is 0 Å². The van der Waals surface area contributed by atoms with Crippen molar-refractivity contribution in [3.8, 4) is 0 Å². The molecule has 2 atom stereocenters. The summed E-state index contributed by atoms with van der Waals surface area (Å²) in [6, 6.07) is 0. The van der Waals surface area contributed by atoms with Crippen LogP contribution < -0.4 is 0 Å². The van der Waals surface area contributed by atoms with E-state index in [2.05, 4.69) is 27.0 Å². The highest BCUT2D eigenvalue weighted by molar-refractivity contribution is 6.84. The zero-order valence-corrected chi connectivity index (χ0v) is 15.7. The van der Waals surface area contributed by atoms with Gasteiger partial charge in [-0.3, -0.25) is 0 Å². The second kappa shape index (κ2) is 10.5. The van der Waals surface area contributed by atoms with E-state index in [1.807, 2.05) is 24.5 Å². The van der Waals surface area contributed by atoms with Crippen LogP contribution in [0.15, 0.2) is 24.6 Å². The Labute approximate surface area is 127 Å². The highest BCUT2D eigenvalue weighted by Crippen LogP contribution is 2.19. The average molecular weight is 317 g/mol. The minimum absolute atomic E-state index is 0.725. The molecule has 0 saturated carbocycles. The van der Waals surface area contributed by atoms with E-state index in [9.17, 15) is 0 Å². The Balaban J connectivity index is 4.45. The van der Waals surface area contributed by atoms with Crippen LogP contribution in [0.3, 0.4) is 0 Å². The molecule has 0 saturated heterocycles. The SMILES string of the molecule is C=C[Si](C)(OCCCC)O[Si](C)(C=C)OCCCCC. The lowest BCUT2D eigenvalue weighted by atomic mass is 10.3. The molecule has 0 aliphatic carbocycles. The van der Waals surface area contributed by atoms with Crippen molar-refractivity contribution in [2.45, 2.75) is 59.0 Å². The smallest absolute Gasteiger partial charge is 0.352 e. The molecule has 0 aromatic heterocycles. The summed E-state index contributed by atoms with van der Waals surface area (Å²) in [6.45, 7) is 17.6. The van der Waals surface area contributed by atoms with Gasteiger partial charge in [-0.2, -0.15) is 0 Å². The van der Waals surface area contributed by atoms with Crippen LogP contribution in [0.4, 0.5) is 0 Å². The summed E-state index contributed by atoms with van der Waals surface area (Å²) < 4.78 is 18.2. The average Bonchev–Trinajstić information content (AvgIpc) is 2.44. The van der Waals surface area contributed by atoms with Gasteiger partial charge in [-0.25, -0.2) is 0 Å². The topological polar surface area (TPSA) is 27.7 Å². The molecule has 118 valence electrons. The lowest BCUT2D eigenvalue weighted by Crippen LogP contribution is -2.50. The first-order valence-corrected chi connectivity index (χ1v) is 12.5. The zero-order chi connectivity index (χ0) is 15.5. The van der Waals surface area contributed by atoms with Gasteiger partial charge in [0.05, 0.1) is 0 Å². The van der Waals surface area contributed by atoms with Crippen LogP contribution in [0, 0.1) is 0 Å². The second-order valence-corrected chi connectivity index (χ2v) is 11.6. The van der Waals surface area contributed by atoms with E-state index in [1.54, 1.807) is 0 Å². The number of rotatable bonds is 13. The fourth-order valence-electron chi connectivity index (χ4n) is 1.71. The maximum atomic E-state index is 6.25. The molecule has 0 aromatic carbocycles. The summed E-state index contributed by atoms with van der Waals surface area (Å²) in [5.41, 5.74) is 3.68. The number of hydrogen-bond donors (Lipinski definition) is 0. The van der Waals surface area contributed by atoms with Gasteiger partial charge in [0.1, 0.15) is 0 Å². The number of unbranched alkanes of at least 4 members (excludes halogenated alkanes) is 3. The van der Waals surface area contributed by atoms with Gasteiger partial charge in [-0.1, -0.05) is 44.5 Å². The van der Waals surface area contributed by atoms with Gasteiger partial charge in [0.2, 0.25) is 0 Å². The van der Waals surface area contributed by atoms with Crippen LogP contribution in [0.25, 0.3) is 0 Å². The first kappa shape index (κ1) is 19.8. The lowest BCUT2D eigenvalue weighted by molar-refractivity contribution is 0.198. The molecular formula is C15H32O3Si2. The highest BCUT2D eigenvalue weighted by atomic mass is 28.5. The van der Waals surface area contributed by atoms with E-state index in [4.69, 9.17) is 13.0 Å². The summed E-state index contributed by atoms with van der Waals surface area (Å²) in [7, 11) is -4.72. The predicted octanol–water partition coefficient (Wildman–Crippen LogP) is 4.62. The standard InChI is InChI=1S/C15H32O3Si2/c1-7-11-13-15-17-20(6,10-4)18-19(5,9-3)16-14-12-8-2/h9-10H,3-4,7-8,11-15H2,1-2,5-6H3. The van der Waals surface area contributed by atoms with Crippen LogP contribution in [0.1, 0.15) is 46.0 Å². The van der Waals surface area contributed by atoms with Gasteiger partial charge in [0.25, 0.3) is 0 Å². The Hall–Kier alpha value is -0.206. The molecule has 0 aliphatic rings. The predicted molar refractivity (Wildman–Crippen MR) is 91.1 cm³/mol. The molecule has 0 radical (unpaired) electrons. The van der Waals surface area contributed by atoms with Crippen molar-refractivity contribution in [1.82, 2.24) is 0 Å². The maximum absolute atomic E-state index is 6.25. The summed E-state index contributed by atoms with van der Waals surface area (Å²) >= 11 is 0. The maximum Gasteiger partial charge on any atom is 0.352 e. The number of hydrogen-bond acceptors (Lipinski definition) is 3. The van der Waals surface area contributed by atoms with Gasteiger partial charge in [0.15, 0.2) is 0 Å². The van der Waals surface area contributed by atoms with Gasteiger partial charge >= 0.3 is 17.1 Å². The molecule has 0 aliphatic heterocycles. The Morgan fingerprint density at radius 2 is 1.25 bits per heavy atom. The Bertz CT molecular complexity index is 286. The molecule has 0 aromatic rings. The molecule has 0 amide bonds. The molecule has 3 nitrogen and oxygen atoms in total. The molecule has 0 bridgehead atoms. The summed E-state index contributed by atoms with van der Waals surface area (Å²) in [5, 5.41) is 0. The molecule has 0 rings (SSSR count). The Kier molecular flexibility index (Phi) is 10.4. The van der Waals surface area contributed by atoms with Crippen LogP contribution in [-0.2, 0) is 13.0 Å². The van der Waals surface area contributed by atoms with Crippen LogP contribution in [-0.4, -0.2) is 30.3 Å². The molecule has 0 N–H and O–H groups in total. The van der Waals surface area contributed by atoms with E-state index in [0.29, 0.717) is 0 Å². The zero-order valence-electron chi connectivity index (χ0n) is 13.7. The fraction of sp³-hybridized carbons (Fsp3) is 0.733. The fourth-order valence-corrected chi connectivity index (χ4v) is 7.40. The minimum atomic E-state index is -2.36. The lowest BCUT2D eigenvalue weighted by Gasteiger charge is -2.33. The van der Waals surface area contributed by atoms with Crippen LogP contribution in [0.2, 0.25) is 13.1 Å². The van der Waals surface area contributed by atoms with E-state index in [0.717, 1.165) is 32.5 Å². The normalized spacial score (nSPS) is 17.2. The first-order chi connectivity index (χ1) is 9.45. The summed E-state index contributed by atoms with van der Waals surface area (Å²) in [5.74, 6) is 0. The van der Waals surface area contributed by atoms with Crippen molar-refractivity contribution >= 4 is 17.1 Å². The second-order valence-electron chi connectivity index (χ2n) is 5.30. The molecule has 2 unspecified atom stereocenters. The molecule has 0 heterocycles. The Morgan fingerprint density at radius 1 is 0.800 bits per heavy atom. The van der Waals surface area contributed by atoms with Crippen molar-refractivity contribution in [2.24, 2.45) is 0 Å². The van der Waals surface area contributed by atoms with Crippen molar-refractivity contribution < 1.29 is 13.0 Å². The van der Waals surface area contributed by atoms with E-state index in [1.165, 1.54) is 12.8 Å². The van der Waals surface area contributed by atoms with Crippen molar-refractivity contribution in [3.05, 3.63) is 24.6 Å². The summed E-state index contributed by atoms with van der Waals surface area (Å²) in [4.78, 5) is 0. The largest absolute Gasteiger partial charge is 0.409 e. The molecule has 5 heteroatoms. The third-order valence-electron chi connectivity index (χ3n) is 3.17. The van der Waals surface area contributed by atoms with Crippen LogP contribution >= 0.6 is 0 Å². The van der Waals surface area contributed by atoms with Gasteiger partial charge in [0, 0.05) is 13.2 Å². The highest BCUT2D eigenvalue weighted by Gasteiger charge is 2.39. The molecule has 20 heavy (non-hydrogen) atoms. The van der Waals surface area contributed by atoms with E-state index in [-0.39, 0.29) is 0 Å². The van der Waals surface area contributed by atoms with Gasteiger partial charge < -0.3 is 13.0 Å². The van der Waals surface area contributed by atoms with Crippen molar-refractivity contribution in [3.63, 3.8) is 0 Å². The van der Waals surface area contributed by atoms with E-state index < -0.39 is 17.1 Å². The third-order valence-corrected chi connectivity index (χ3v) is 9.45. The van der Waals surface area contributed by atoms with Gasteiger partial charge in [-0.15, -0.1) is 13.2 Å². The molecular weight excluding hydrogens is 284 g/mol.